The Morgan fingerprint density at radius 3 is 2.68 bits per heavy atom. The Labute approximate surface area is 161 Å². The number of amides is 1. The molecular formula is C18H20IN5O. The molecule has 1 fully saturated rings. The lowest BCUT2D eigenvalue weighted by atomic mass is 10.0. The van der Waals surface area contributed by atoms with Gasteiger partial charge in [0.05, 0.1) is 21.0 Å². The van der Waals surface area contributed by atoms with Crippen molar-refractivity contribution < 1.29 is 4.79 Å². The van der Waals surface area contributed by atoms with Crippen LogP contribution in [0.15, 0.2) is 30.6 Å². The van der Waals surface area contributed by atoms with Gasteiger partial charge in [0.15, 0.2) is 0 Å². The number of rotatable bonds is 4. The predicted molar refractivity (Wildman–Crippen MR) is 105 cm³/mol. The molecule has 0 aliphatic carbocycles. The van der Waals surface area contributed by atoms with E-state index in [2.05, 4.69) is 44.0 Å². The summed E-state index contributed by atoms with van der Waals surface area (Å²) in [5.41, 5.74) is 1.41. The van der Waals surface area contributed by atoms with Crippen LogP contribution in [0, 0.1) is 14.9 Å². The van der Waals surface area contributed by atoms with E-state index < -0.39 is 5.54 Å². The van der Waals surface area contributed by atoms with Crippen LogP contribution in [0.1, 0.15) is 32.3 Å². The van der Waals surface area contributed by atoms with Crippen molar-refractivity contribution in [1.29, 1.82) is 5.26 Å². The molecule has 1 aromatic carbocycles. The molecule has 0 saturated carbocycles. The highest BCUT2D eigenvalue weighted by Gasteiger charge is 2.31. The van der Waals surface area contributed by atoms with Crippen LogP contribution in [0.4, 0.5) is 11.4 Å². The smallest absolute Gasteiger partial charge is 0.251 e. The number of halogens is 1. The van der Waals surface area contributed by atoms with Crippen LogP contribution in [0.3, 0.4) is 0 Å². The Morgan fingerprint density at radius 1 is 1.36 bits per heavy atom. The fraction of sp³-hybridized carbons (Fsp3) is 0.389. The summed E-state index contributed by atoms with van der Waals surface area (Å²) in [4.78, 5) is 15.0. The number of carbonyl (C=O) groups excluding carboxylic acids is 1. The third-order valence-electron chi connectivity index (χ3n) is 4.50. The monoisotopic (exact) mass is 449 g/mol. The van der Waals surface area contributed by atoms with E-state index in [0.717, 1.165) is 35.2 Å². The molecular weight excluding hydrogens is 429 g/mol. The molecule has 1 aromatic heterocycles. The SMILES string of the molecule is CC(C)(C(=O)Nc1ccc(C#N)c(N2CCCC2)c1)n1cc(I)cn1. The maximum absolute atomic E-state index is 12.8. The van der Waals surface area contributed by atoms with E-state index >= 15 is 0 Å². The van der Waals surface area contributed by atoms with Crippen molar-refractivity contribution in [1.82, 2.24) is 9.78 Å². The molecule has 3 rings (SSSR count). The van der Waals surface area contributed by atoms with Gasteiger partial charge in [-0.25, -0.2) is 0 Å². The van der Waals surface area contributed by atoms with Crippen molar-refractivity contribution in [3.8, 4) is 6.07 Å². The normalized spacial score (nSPS) is 14.4. The molecule has 1 saturated heterocycles. The van der Waals surface area contributed by atoms with E-state index in [1.807, 2.05) is 26.1 Å². The summed E-state index contributed by atoms with van der Waals surface area (Å²) < 4.78 is 2.64. The fourth-order valence-electron chi connectivity index (χ4n) is 2.92. The molecule has 1 amide bonds. The van der Waals surface area contributed by atoms with Crippen LogP contribution >= 0.6 is 22.6 Å². The lowest BCUT2D eigenvalue weighted by Crippen LogP contribution is -2.40. The number of hydrogen-bond acceptors (Lipinski definition) is 4. The Bertz CT molecular complexity index is 830. The van der Waals surface area contributed by atoms with Crippen molar-refractivity contribution in [2.75, 3.05) is 23.3 Å². The molecule has 0 atom stereocenters. The minimum Gasteiger partial charge on any atom is -0.370 e. The molecule has 0 spiro atoms. The number of carbonyl (C=O) groups is 1. The second kappa shape index (κ2) is 7.04. The van der Waals surface area contributed by atoms with Gasteiger partial charge in [0.25, 0.3) is 5.91 Å². The summed E-state index contributed by atoms with van der Waals surface area (Å²) in [6, 6.07) is 7.68. The van der Waals surface area contributed by atoms with Gasteiger partial charge in [-0.15, -0.1) is 0 Å². The molecule has 1 aliphatic heterocycles. The minimum atomic E-state index is -0.814. The van der Waals surface area contributed by atoms with Gasteiger partial charge in [0, 0.05) is 25.0 Å². The van der Waals surface area contributed by atoms with Crippen LogP contribution in [0.5, 0.6) is 0 Å². The maximum Gasteiger partial charge on any atom is 0.251 e. The van der Waals surface area contributed by atoms with Gasteiger partial charge in [-0.05, 0) is 67.5 Å². The second-order valence-electron chi connectivity index (χ2n) is 6.65. The summed E-state index contributed by atoms with van der Waals surface area (Å²) in [5.74, 6) is -0.149. The van der Waals surface area contributed by atoms with E-state index in [1.165, 1.54) is 0 Å². The molecule has 0 unspecified atom stereocenters. The molecule has 1 N–H and O–H groups in total. The van der Waals surface area contributed by atoms with Gasteiger partial charge in [-0.2, -0.15) is 10.4 Å². The standard InChI is InChI=1S/C18H20IN5O/c1-18(2,24-12-14(19)11-21-24)17(25)22-15-6-5-13(10-20)16(9-15)23-7-3-4-8-23/h5-6,9,11-12H,3-4,7-8H2,1-2H3,(H,22,25). The topological polar surface area (TPSA) is 74.0 Å². The largest absolute Gasteiger partial charge is 0.370 e. The van der Waals surface area contributed by atoms with Gasteiger partial charge in [0.1, 0.15) is 11.6 Å². The van der Waals surface area contributed by atoms with Crippen LogP contribution in [-0.2, 0) is 10.3 Å². The summed E-state index contributed by atoms with van der Waals surface area (Å²) in [6.45, 7) is 5.56. The number of nitriles is 1. The average molecular weight is 449 g/mol. The number of hydrogen-bond donors (Lipinski definition) is 1. The van der Waals surface area contributed by atoms with Gasteiger partial charge >= 0.3 is 0 Å². The highest BCUT2D eigenvalue weighted by atomic mass is 127. The summed E-state index contributed by atoms with van der Waals surface area (Å²) in [7, 11) is 0. The van der Waals surface area contributed by atoms with E-state index in [9.17, 15) is 10.1 Å². The molecule has 2 aromatic rings. The van der Waals surface area contributed by atoms with Crippen LogP contribution in [-0.4, -0.2) is 28.8 Å². The maximum atomic E-state index is 12.8. The Kier molecular flexibility index (Phi) is 4.99. The average Bonchev–Trinajstić information content (AvgIpc) is 3.26. The van der Waals surface area contributed by atoms with Crippen LogP contribution < -0.4 is 10.2 Å². The van der Waals surface area contributed by atoms with Crippen molar-refractivity contribution in [2.45, 2.75) is 32.2 Å². The second-order valence-corrected chi connectivity index (χ2v) is 7.90. The van der Waals surface area contributed by atoms with E-state index in [0.29, 0.717) is 11.3 Å². The molecule has 6 nitrogen and oxygen atoms in total. The molecule has 7 heteroatoms. The quantitative estimate of drug-likeness (QED) is 0.727. The molecule has 0 radical (unpaired) electrons. The minimum absolute atomic E-state index is 0.149. The van der Waals surface area contributed by atoms with Crippen molar-refractivity contribution in [3.05, 3.63) is 39.7 Å². The first-order chi connectivity index (χ1) is 11.9. The van der Waals surface area contributed by atoms with Crippen LogP contribution in [0.2, 0.25) is 0 Å². The first-order valence-corrected chi connectivity index (χ1v) is 9.31. The van der Waals surface area contributed by atoms with E-state index in [4.69, 9.17) is 0 Å². The number of nitrogens with one attached hydrogen (secondary N) is 1. The third-order valence-corrected chi connectivity index (χ3v) is 5.06. The fourth-order valence-corrected chi connectivity index (χ4v) is 3.31. The third kappa shape index (κ3) is 3.63. The summed E-state index contributed by atoms with van der Waals surface area (Å²) in [5, 5.41) is 16.6. The van der Waals surface area contributed by atoms with Gasteiger partial charge in [-0.3, -0.25) is 9.48 Å². The summed E-state index contributed by atoms with van der Waals surface area (Å²) >= 11 is 2.17. The molecule has 1 aliphatic rings. The molecule has 0 bridgehead atoms. The van der Waals surface area contributed by atoms with Crippen LogP contribution in [0.25, 0.3) is 0 Å². The Balaban J connectivity index is 1.84. The zero-order valence-corrected chi connectivity index (χ0v) is 16.4. The highest BCUT2D eigenvalue weighted by Crippen LogP contribution is 2.28. The number of nitrogens with zero attached hydrogens (tertiary/aromatic N) is 4. The highest BCUT2D eigenvalue weighted by molar-refractivity contribution is 14.1. The number of benzene rings is 1. The lowest BCUT2D eigenvalue weighted by Gasteiger charge is -2.25. The van der Waals surface area contributed by atoms with Gasteiger partial charge in [0.2, 0.25) is 0 Å². The predicted octanol–water partition coefficient (Wildman–Crippen LogP) is 3.33. The molecule has 25 heavy (non-hydrogen) atoms. The first-order valence-electron chi connectivity index (χ1n) is 8.23. The lowest BCUT2D eigenvalue weighted by molar-refractivity contribution is -0.123. The van der Waals surface area contributed by atoms with Crippen molar-refractivity contribution in [3.63, 3.8) is 0 Å². The van der Waals surface area contributed by atoms with Crippen molar-refractivity contribution >= 4 is 39.9 Å². The van der Waals surface area contributed by atoms with Gasteiger partial charge < -0.3 is 10.2 Å². The zero-order chi connectivity index (χ0) is 18.0. The summed E-state index contributed by atoms with van der Waals surface area (Å²) in [6.07, 6.45) is 5.83. The van der Waals surface area contributed by atoms with E-state index in [-0.39, 0.29) is 5.91 Å². The Morgan fingerprint density at radius 2 is 2.08 bits per heavy atom. The zero-order valence-electron chi connectivity index (χ0n) is 14.3. The molecule has 130 valence electrons. The number of anilines is 2. The molecule has 2 heterocycles. The van der Waals surface area contributed by atoms with E-state index in [1.54, 1.807) is 23.0 Å². The first kappa shape index (κ1) is 17.7. The Hall–Kier alpha value is -2.08. The van der Waals surface area contributed by atoms with Crippen molar-refractivity contribution in [2.24, 2.45) is 0 Å². The number of aromatic nitrogens is 2. The van der Waals surface area contributed by atoms with Gasteiger partial charge in [-0.1, -0.05) is 0 Å².